The topological polar surface area (TPSA) is 133 Å². The molecule has 7 N–H and O–H groups in total. The van der Waals surface area contributed by atoms with E-state index in [1.54, 1.807) is 20.8 Å². The fourth-order valence-corrected chi connectivity index (χ4v) is 0.283. The van der Waals surface area contributed by atoms with Gasteiger partial charge in [-0.2, -0.15) is 0 Å². The predicted octanol–water partition coefficient (Wildman–Crippen LogP) is -2.71. The van der Waals surface area contributed by atoms with Crippen molar-refractivity contribution in [2.45, 2.75) is 26.4 Å². The second-order valence-corrected chi connectivity index (χ2v) is 3.71. The molecule has 100 valence electrons. The summed E-state index contributed by atoms with van der Waals surface area (Å²) in [4.78, 5) is 0. The van der Waals surface area contributed by atoms with Crippen molar-refractivity contribution in [3.05, 3.63) is 0 Å². The highest BCUT2D eigenvalue weighted by atomic mass is 16.5. The van der Waals surface area contributed by atoms with Crippen molar-refractivity contribution >= 4 is 7.32 Å². The van der Waals surface area contributed by atoms with Crippen LogP contribution in [0.25, 0.3) is 0 Å². The molecule has 0 aromatic carbocycles. The first-order valence-electron chi connectivity index (χ1n) is 4.84. The van der Waals surface area contributed by atoms with E-state index in [9.17, 15) is 0 Å². The summed E-state index contributed by atoms with van der Waals surface area (Å²) < 4.78 is 0. The van der Waals surface area contributed by atoms with Gasteiger partial charge in [-0.25, -0.2) is 0 Å². The molecule has 0 aromatic rings. The summed E-state index contributed by atoms with van der Waals surface area (Å²) in [7, 11) is -2.17. The van der Waals surface area contributed by atoms with Crippen molar-refractivity contribution in [1.29, 1.82) is 0 Å². The van der Waals surface area contributed by atoms with Gasteiger partial charge in [0.1, 0.15) is 0 Å². The van der Waals surface area contributed by atoms with Gasteiger partial charge >= 0.3 is 7.32 Å². The minimum Gasteiger partial charge on any atom is -0.402 e. The maximum Gasteiger partial charge on any atom is 0.631 e. The van der Waals surface area contributed by atoms with Gasteiger partial charge in [0.25, 0.3) is 0 Å². The molecule has 0 bridgehead atoms. The van der Waals surface area contributed by atoms with Crippen LogP contribution in [0.3, 0.4) is 0 Å². The van der Waals surface area contributed by atoms with Crippen LogP contribution in [0.1, 0.15) is 20.8 Å². The quantitative estimate of drug-likeness (QED) is 0.210. The van der Waals surface area contributed by atoms with E-state index in [1.807, 2.05) is 0 Å². The second kappa shape index (κ2) is 14.8. The average molecular weight is 241 g/mol. The SMILES string of the molecule is CC(C)(C)O.OB(O)O.OCCNCCO. The largest absolute Gasteiger partial charge is 0.631 e. The molecule has 0 saturated carbocycles. The highest BCUT2D eigenvalue weighted by molar-refractivity contribution is 6.30. The normalized spacial score (nSPS) is 9.56. The molecule has 0 saturated heterocycles. The van der Waals surface area contributed by atoms with E-state index in [0.29, 0.717) is 13.1 Å². The number of aliphatic hydroxyl groups is 3. The van der Waals surface area contributed by atoms with E-state index in [1.165, 1.54) is 0 Å². The van der Waals surface area contributed by atoms with Gasteiger partial charge in [0.2, 0.25) is 0 Å². The second-order valence-electron chi connectivity index (χ2n) is 3.71. The number of hydrogen-bond acceptors (Lipinski definition) is 7. The molecule has 0 atom stereocenters. The van der Waals surface area contributed by atoms with Gasteiger partial charge in [0, 0.05) is 13.1 Å². The Hall–Kier alpha value is -0.215. The van der Waals surface area contributed by atoms with Crippen molar-refractivity contribution in [1.82, 2.24) is 5.32 Å². The fraction of sp³-hybridized carbons (Fsp3) is 1.00. The van der Waals surface area contributed by atoms with Crippen LogP contribution in [0, 0.1) is 0 Å². The number of rotatable bonds is 4. The highest BCUT2D eigenvalue weighted by Gasteiger charge is 1.97. The molecule has 0 rings (SSSR count). The fourth-order valence-electron chi connectivity index (χ4n) is 0.283. The lowest BCUT2D eigenvalue weighted by Gasteiger charge is -2.04. The summed E-state index contributed by atoms with van der Waals surface area (Å²) in [6, 6.07) is 0. The standard InChI is InChI=1S/C4H11NO2.C4H10O.BH3O3/c6-3-1-5-2-4-7;1-4(2,3)5;2-1(3)4/h5-7H,1-4H2;5H,1-3H3;2-4H. The zero-order chi connectivity index (χ0) is 13.6. The smallest absolute Gasteiger partial charge is 0.402 e. The third-order valence-corrected chi connectivity index (χ3v) is 0.577. The van der Waals surface area contributed by atoms with Gasteiger partial charge in [-0.15, -0.1) is 0 Å². The highest BCUT2D eigenvalue weighted by Crippen LogP contribution is 1.93. The van der Waals surface area contributed by atoms with Gasteiger partial charge in [-0.1, -0.05) is 0 Å². The first-order chi connectivity index (χ1) is 7.15. The van der Waals surface area contributed by atoms with Crippen LogP contribution in [0.4, 0.5) is 0 Å². The van der Waals surface area contributed by atoms with Gasteiger partial charge in [0.05, 0.1) is 18.8 Å². The Bertz CT molecular complexity index is 107. The molecule has 0 aliphatic heterocycles. The average Bonchev–Trinajstić information content (AvgIpc) is 2.01. The summed E-state index contributed by atoms with van der Waals surface area (Å²) in [5.74, 6) is 0. The number of aliphatic hydroxyl groups excluding tert-OH is 2. The molecule has 0 amide bonds. The Balaban J connectivity index is -0.000000166. The van der Waals surface area contributed by atoms with Gasteiger partial charge < -0.3 is 35.7 Å². The van der Waals surface area contributed by atoms with E-state index in [-0.39, 0.29) is 13.2 Å². The van der Waals surface area contributed by atoms with Crippen LogP contribution in [-0.4, -0.2) is 69.6 Å². The Kier molecular flexibility index (Phi) is 19.5. The van der Waals surface area contributed by atoms with E-state index in [4.69, 9.17) is 30.4 Å². The van der Waals surface area contributed by atoms with Crippen molar-refractivity contribution in [2.75, 3.05) is 26.3 Å². The van der Waals surface area contributed by atoms with Crippen molar-refractivity contribution in [2.24, 2.45) is 0 Å². The Morgan fingerprint density at radius 3 is 1.25 bits per heavy atom. The van der Waals surface area contributed by atoms with Gasteiger partial charge in [0.15, 0.2) is 0 Å². The molecule has 7 nitrogen and oxygen atoms in total. The third kappa shape index (κ3) is 157. The van der Waals surface area contributed by atoms with Crippen LogP contribution in [-0.2, 0) is 0 Å². The first kappa shape index (κ1) is 21.1. The molecule has 0 radical (unpaired) electrons. The zero-order valence-corrected chi connectivity index (χ0v) is 10.1. The molecular weight excluding hydrogens is 217 g/mol. The summed E-state index contributed by atoms with van der Waals surface area (Å²) in [5, 5.41) is 49.1. The molecular formula is C8H24BNO6. The van der Waals surface area contributed by atoms with Crippen LogP contribution >= 0.6 is 0 Å². The first-order valence-corrected chi connectivity index (χ1v) is 4.84. The minimum absolute atomic E-state index is 0.139. The molecule has 0 unspecified atom stereocenters. The molecule has 16 heavy (non-hydrogen) atoms. The minimum atomic E-state index is -2.17. The number of nitrogens with one attached hydrogen (secondary N) is 1. The van der Waals surface area contributed by atoms with Crippen LogP contribution < -0.4 is 5.32 Å². The van der Waals surface area contributed by atoms with Crippen molar-refractivity contribution in [3.63, 3.8) is 0 Å². The van der Waals surface area contributed by atoms with Gasteiger partial charge in [-0.3, -0.25) is 0 Å². The predicted molar refractivity (Wildman–Crippen MR) is 61.4 cm³/mol. The molecule has 0 aromatic heterocycles. The maximum atomic E-state index is 8.52. The van der Waals surface area contributed by atoms with E-state index >= 15 is 0 Å². The summed E-state index contributed by atoms with van der Waals surface area (Å²) in [5.41, 5.74) is -0.500. The monoisotopic (exact) mass is 241 g/mol. The van der Waals surface area contributed by atoms with E-state index < -0.39 is 12.9 Å². The molecule has 8 heteroatoms. The Labute approximate surface area is 96.5 Å². The Morgan fingerprint density at radius 2 is 1.12 bits per heavy atom. The van der Waals surface area contributed by atoms with Crippen molar-refractivity contribution < 1.29 is 30.4 Å². The number of hydrogen-bond donors (Lipinski definition) is 7. The van der Waals surface area contributed by atoms with Crippen LogP contribution in [0.5, 0.6) is 0 Å². The molecule has 0 spiro atoms. The lowest BCUT2D eigenvalue weighted by molar-refractivity contribution is 0.102. The van der Waals surface area contributed by atoms with E-state index in [2.05, 4.69) is 5.32 Å². The summed E-state index contributed by atoms with van der Waals surface area (Å²) in [6.45, 7) is 6.65. The third-order valence-electron chi connectivity index (χ3n) is 0.577. The van der Waals surface area contributed by atoms with Crippen LogP contribution in [0.15, 0.2) is 0 Å². The van der Waals surface area contributed by atoms with Gasteiger partial charge in [-0.05, 0) is 20.8 Å². The van der Waals surface area contributed by atoms with Crippen LogP contribution in [0.2, 0.25) is 0 Å². The zero-order valence-electron chi connectivity index (χ0n) is 10.1. The molecule has 0 heterocycles. The lowest BCUT2D eigenvalue weighted by atomic mass is 10.2. The Morgan fingerprint density at radius 1 is 0.938 bits per heavy atom. The van der Waals surface area contributed by atoms with E-state index in [0.717, 1.165) is 0 Å². The molecule has 0 fully saturated rings. The maximum absolute atomic E-state index is 8.52. The van der Waals surface area contributed by atoms with Crippen molar-refractivity contribution in [3.8, 4) is 0 Å². The summed E-state index contributed by atoms with van der Waals surface area (Å²) in [6.07, 6.45) is 0. The summed E-state index contributed by atoms with van der Waals surface area (Å²) >= 11 is 0. The molecule has 0 aliphatic rings. The molecule has 0 aliphatic carbocycles. The lowest BCUT2D eigenvalue weighted by Crippen LogP contribution is -2.21.